The number of carbonyl (C=O) groups excluding carboxylic acids is 2. The van der Waals surface area contributed by atoms with Gasteiger partial charge in [-0.1, -0.05) is 101 Å². The molecule has 0 unspecified atom stereocenters. The summed E-state index contributed by atoms with van der Waals surface area (Å²) in [7, 11) is 0. The van der Waals surface area contributed by atoms with Gasteiger partial charge in [0.25, 0.3) is 0 Å². The Balaban J connectivity index is 0.000000179. The van der Waals surface area contributed by atoms with Gasteiger partial charge >= 0.3 is 51.4 Å². The molecule has 254 valence electrons. The van der Waals surface area contributed by atoms with Gasteiger partial charge in [-0.05, 0) is 119 Å². The van der Waals surface area contributed by atoms with Crippen molar-refractivity contribution in [3.63, 3.8) is 0 Å². The van der Waals surface area contributed by atoms with E-state index in [0.717, 1.165) is 8.95 Å². The van der Waals surface area contributed by atoms with Gasteiger partial charge in [-0.3, -0.25) is 9.59 Å². The number of hydrogen-bond acceptors (Lipinski definition) is 5. The van der Waals surface area contributed by atoms with Crippen LogP contribution >= 0.6 is 63.7 Å². The van der Waals surface area contributed by atoms with E-state index in [4.69, 9.17) is 11.1 Å². The molecule has 0 saturated heterocycles. The molecule has 0 aliphatic heterocycles. The molecule has 0 aromatic heterocycles. The number of nitrogens with one attached hydrogen (secondary N) is 2. The molecule has 10 rings (SSSR count). The van der Waals surface area contributed by atoms with Gasteiger partial charge in [0, 0.05) is 66.7 Å². The summed E-state index contributed by atoms with van der Waals surface area (Å²) in [5.74, 6) is 0.558. The Bertz CT molecular complexity index is 1900. The molecular weight excluding hydrogens is 915 g/mol. The van der Waals surface area contributed by atoms with Crippen molar-refractivity contribution in [1.29, 1.82) is 11.1 Å². The smallest absolute Gasteiger partial charge is 0.870 e. The van der Waals surface area contributed by atoms with Crippen LogP contribution in [0.2, 0.25) is 0 Å². The monoisotopic (exact) mass is 948 g/mol. The summed E-state index contributed by atoms with van der Waals surface area (Å²) in [6.07, 6.45) is 10.1. The van der Waals surface area contributed by atoms with Gasteiger partial charge in [-0.25, -0.2) is 11.1 Å². The van der Waals surface area contributed by atoms with E-state index < -0.39 is 0 Å². The van der Waals surface area contributed by atoms with Crippen LogP contribution in [0.3, 0.4) is 0 Å². The van der Waals surface area contributed by atoms with Crippen molar-refractivity contribution in [2.45, 2.75) is 85.9 Å². The van der Waals surface area contributed by atoms with Crippen LogP contribution in [0, 0.1) is 11.1 Å². The second kappa shape index (κ2) is 14.2. The molecule has 6 aliphatic carbocycles. The average Bonchev–Trinajstić information content (AvgIpc) is 3.78. The van der Waals surface area contributed by atoms with E-state index >= 15 is 0 Å². The molecule has 0 amide bonds. The summed E-state index contributed by atoms with van der Waals surface area (Å²) in [6.45, 7) is 0. The Morgan fingerprint density at radius 3 is 0.960 bits per heavy atom. The zero-order valence-corrected chi connectivity index (χ0v) is 37.2. The third-order valence-electron chi connectivity index (χ3n) is 12.8. The van der Waals surface area contributed by atoms with E-state index in [2.05, 4.69) is 124 Å². The van der Waals surface area contributed by atoms with Crippen LogP contribution in [-0.4, -0.2) is 17.0 Å². The fourth-order valence-corrected chi connectivity index (χ4v) is 12.8. The van der Waals surface area contributed by atoms with Gasteiger partial charge in [-0.2, -0.15) is 0 Å². The maximum absolute atomic E-state index is 12.6. The first-order valence-electron chi connectivity index (χ1n) is 16.6. The molecule has 0 heterocycles. The Morgan fingerprint density at radius 1 is 0.460 bits per heavy atom. The van der Waals surface area contributed by atoms with Gasteiger partial charge < -0.3 is 5.48 Å². The summed E-state index contributed by atoms with van der Waals surface area (Å²) in [5, 5.41) is 0. The van der Waals surface area contributed by atoms with Gasteiger partial charge in [0.1, 0.15) is 11.6 Å². The third kappa shape index (κ3) is 5.39. The average molecular weight is 952 g/mol. The zero-order valence-electron chi connectivity index (χ0n) is 27.8. The predicted molar refractivity (Wildman–Crippen MR) is 207 cm³/mol. The van der Waals surface area contributed by atoms with Crippen molar-refractivity contribution in [3.05, 3.63) is 113 Å². The van der Waals surface area contributed by atoms with Crippen molar-refractivity contribution < 1.29 is 67.9 Å². The molecule has 3 N–H and O–H groups in total. The molecule has 50 heavy (non-hydrogen) atoms. The third-order valence-corrected chi connectivity index (χ3v) is 14.8. The van der Waals surface area contributed by atoms with Gasteiger partial charge in [0.05, 0.1) is 0 Å². The number of ketones is 2. The first-order chi connectivity index (χ1) is 23.1. The van der Waals surface area contributed by atoms with Crippen molar-refractivity contribution in [1.82, 2.24) is 0 Å². The molecule has 4 aromatic carbocycles. The topological polar surface area (TPSA) is 112 Å². The summed E-state index contributed by atoms with van der Waals surface area (Å²) in [5.41, 5.74) is 20.9. The van der Waals surface area contributed by atoms with Crippen molar-refractivity contribution in [2.24, 2.45) is 0 Å². The maximum Gasteiger partial charge on any atom is 1.00 e. The fraction of sp³-hybridized carbons (Fsp3) is 0.350. The normalized spacial score (nSPS) is 28.2. The second-order valence-electron chi connectivity index (χ2n) is 14.6. The van der Waals surface area contributed by atoms with Crippen molar-refractivity contribution in [2.75, 3.05) is 0 Å². The van der Waals surface area contributed by atoms with E-state index in [1.807, 2.05) is 12.1 Å². The van der Waals surface area contributed by atoms with E-state index in [0.29, 0.717) is 36.5 Å². The predicted octanol–water partition coefficient (Wildman–Crippen LogP) is 9.50. The van der Waals surface area contributed by atoms with Gasteiger partial charge in [0.15, 0.2) is 0 Å². The summed E-state index contributed by atoms with van der Waals surface area (Å²) < 4.78 is 4.47. The zero-order chi connectivity index (χ0) is 33.6. The molecule has 6 aliphatic rings. The number of benzene rings is 4. The minimum Gasteiger partial charge on any atom is -0.870 e. The summed E-state index contributed by atoms with van der Waals surface area (Å²) >= 11 is 14.6. The molecule has 4 saturated carbocycles. The molecule has 4 fully saturated rings. The maximum atomic E-state index is 12.6. The summed E-state index contributed by atoms with van der Waals surface area (Å²) in [6, 6.07) is 26.5. The molecular formula is C40H37Br4KN2O3. The molecule has 0 spiro atoms. The Kier molecular flexibility index (Phi) is 11.1. The van der Waals surface area contributed by atoms with E-state index in [1.165, 1.54) is 80.9 Å². The van der Waals surface area contributed by atoms with Crippen LogP contribution in [0.25, 0.3) is 22.3 Å². The van der Waals surface area contributed by atoms with Crippen LogP contribution in [-0.2, 0) is 31.2 Å². The fourth-order valence-electron chi connectivity index (χ4n) is 11.4. The molecule has 4 aromatic rings. The number of halogens is 4. The number of rotatable bonds is 0. The SMILES string of the molecule is Brc1ccc2c(c1)C13CCCC1(CCC3)c1cc(Br)ccc1-2.N=N.O=C1CC23CC(=O)CC2(C1)c1cc(Br)ccc1-c1ccc(Br)cc13.[HH].[K+].[OH-]. The van der Waals surface area contributed by atoms with Crippen LogP contribution < -0.4 is 51.4 Å². The standard InChI is InChI=1S/C20H14Br2O2.C20H18Br2.K.H2N2.H2O.H2/c21-11-1-3-15-16-4-2-12(22)6-18(16)20-9-13(23)7-19(20,17(15)5-11)8-14(24)10-20;21-13-3-5-15-16-6-4-14(22)12-18(16)20-8-1-7-19(20,9-2-10-20)17(15)11-13;;1-2;;/h1-6H,7-10H2;3-6,11-12H,1-2,7-10H2;;1-2H;1H2;1H/q;;+1;;;/p-1. The van der Waals surface area contributed by atoms with E-state index in [9.17, 15) is 9.59 Å². The number of fused-ring (bicyclic) bond motifs is 6. The Labute approximate surface area is 370 Å². The van der Waals surface area contributed by atoms with Gasteiger partial charge in [0.2, 0.25) is 0 Å². The Morgan fingerprint density at radius 2 is 0.700 bits per heavy atom. The molecule has 0 bridgehead atoms. The largest absolute Gasteiger partial charge is 1.00 e. The van der Waals surface area contributed by atoms with E-state index in [1.54, 1.807) is 11.1 Å². The molecule has 5 nitrogen and oxygen atoms in total. The van der Waals surface area contributed by atoms with Crippen LogP contribution in [0.5, 0.6) is 0 Å². The van der Waals surface area contributed by atoms with Crippen molar-refractivity contribution in [3.8, 4) is 22.3 Å². The first kappa shape index (κ1) is 39.0. The number of carbonyl (C=O) groups is 2. The molecule has 10 heteroatoms. The second-order valence-corrected chi connectivity index (χ2v) is 18.2. The minimum absolute atomic E-state index is 0. The van der Waals surface area contributed by atoms with Crippen LogP contribution in [0.4, 0.5) is 0 Å². The van der Waals surface area contributed by atoms with Crippen LogP contribution in [0.1, 0.15) is 87.9 Å². The van der Waals surface area contributed by atoms with Crippen molar-refractivity contribution >= 4 is 75.3 Å². The van der Waals surface area contributed by atoms with Gasteiger partial charge in [-0.15, -0.1) is 0 Å². The minimum atomic E-state index is -0.367. The first-order valence-corrected chi connectivity index (χ1v) is 19.8. The van der Waals surface area contributed by atoms with Crippen LogP contribution in [0.15, 0.2) is 90.7 Å². The van der Waals surface area contributed by atoms with E-state index in [-0.39, 0.29) is 80.7 Å². The summed E-state index contributed by atoms with van der Waals surface area (Å²) in [4.78, 5) is 25.1. The number of hydrogen-bond donors (Lipinski definition) is 2. The Hall–Kier alpha value is -0.664. The quantitative estimate of drug-likeness (QED) is 0.135. The molecule has 0 atom stereocenters. The molecule has 0 radical (unpaired) electrons. The number of Topliss-reactive ketones (excluding diaryl/α,β-unsaturated/α-hetero) is 2.